The number of nitro benzene ring substituents is 1. The Morgan fingerprint density at radius 1 is 1.07 bits per heavy atom. The lowest BCUT2D eigenvalue weighted by Crippen LogP contribution is -2.45. The Morgan fingerprint density at radius 2 is 1.70 bits per heavy atom. The highest BCUT2D eigenvalue weighted by atomic mass is 16.6. The number of amides is 1. The Morgan fingerprint density at radius 3 is 2.30 bits per heavy atom. The lowest BCUT2D eigenvalue weighted by Gasteiger charge is -2.21. The van der Waals surface area contributed by atoms with Crippen molar-refractivity contribution in [1.82, 2.24) is 5.32 Å². The first-order valence-corrected chi connectivity index (χ1v) is 8.16. The smallest absolute Gasteiger partial charge is 0.328 e. The molecule has 2 aromatic carbocycles. The van der Waals surface area contributed by atoms with Gasteiger partial charge in [-0.2, -0.15) is 0 Å². The number of nitro groups is 1. The van der Waals surface area contributed by atoms with Crippen LogP contribution in [0.4, 0.5) is 5.69 Å². The van der Waals surface area contributed by atoms with Crippen LogP contribution in [0.1, 0.15) is 17.2 Å². The Kier molecular flexibility index (Phi) is 7.01. The van der Waals surface area contributed by atoms with Crippen LogP contribution in [-0.4, -0.2) is 37.1 Å². The second kappa shape index (κ2) is 9.44. The van der Waals surface area contributed by atoms with Crippen molar-refractivity contribution in [3.8, 4) is 0 Å². The number of nitrogens with zero attached hydrogens (tertiary/aromatic N) is 1. The zero-order chi connectivity index (χ0) is 19.8. The average molecular weight is 372 g/mol. The summed E-state index contributed by atoms with van der Waals surface area (Å²) in [4.78, 5) is 35.4. The van der Waals surface area contributed by atoms with Crippen molar-refractivity contribution >= 4 is 17.6 Å². The van der Waals surface area contributed by atoms with E-state index in [2.05, 4.69) is 5.32 Å². The SMILES string of the molecule is COC(=O)[C@H](Cc1ccccc1[N+](=O)[O-])NC(=O)[C@@H](OC)c1ccccc1. The zero-order valence-electron chi connectivity index (χ0n) is 15.0. The molecular weight excluding hydrogens is 352 g/mol. The highest BCUT2D eigenvalue weighted by Gasteiger charge is 2.29. The Balaban J connectivity index is 2.23. The summed E-state index contributed by atoms with van der Waals surface area (Å²) in [6, 6.07) is 13.7. The van der Waals surface area contributed by atoms with Crippen molar-refractivity contribution in [2.24, 2.45) is 0 Å². The zero-order valence-corrected chi connectivity index (χ0v) is 15.0. The minimum atomic E-state index is -1.09. The first-order chi connectivity index (χ1) is 13.0. The number of para-hydroxylation sites is 1. The molecule has 142 valence electrons. The summed E-state index contributed by atoms with van der Waals surface area (Å²) in [6.07, 6.45) is -1.01. The van der Waals surface area contributed by atoms with Gasteiger partial charge in [0.2, 0.25) is 0 Å². The van der Waals surface area contributed by atoms with Gasteiger partial charge < -0.3 is 14.8 Å². The summed E-state index contributed by atoms with van der Waals surface area (Å²) in [5, 5.41) is 13.8. The van der Waals surface area contributed by atoms with Gasteiger partial charge in [0, 0.05) is 25.2 Å². The maximum Gasteiger partial charge on any atom is 0.328 e. The molecule has 27 heavy (non-hydrogen) atoms. The molecule has 0 radical (unpaired) electrons. The third-order valence-electron chi connectivity index (χ3n) is 3.99. The summed E-state index contributed by atoms with van der Waals surface area (Å²) in [7, 11) is 2.57. The molecular formula is C19H20N2O6. The molecule has 1 N–H and O–H groups in total. The van der Waals surface area contributed by atoms with Gasteiger partial charge in [-0.15, -0.1) is 0 Å². The van der Waals surface area contributed by atoms with Crippen LogP contribution in [-0.2, 0) is 25.5 Å². The second-order valence-corrected chi connectivity index (χ2v) is 5.70. The molecule has 0 bridgehead atoms. The van der Waals surface area contributed by atoms with E-state index < -0.39 is 28.9 Å². The van der Waals surface area contributed by atoms with Crippen LogP contribution in [0, 0.1) is 10.1 Å². The molecule has 1 amide bonds. The number of nitrogens with one attached hydrogen (secondary N) is 1. The topological polar surface area (TPSA) is 108 Å². The van der Waals surface area contributed by atoms with Crippen LogP contribution in [0.25, 0.3) is 0 Å². The Hall–Kier alpha value is -3.26. The van der Waals surface area contributed by atoms with Crippen molar-refractivity contribution in [2.45, 2.75) is 18.6 Å². The molecule has 0 saturated carbocycles. The van der Waals surface area contributed by atoms with E-state index >= 15 is 0 Å². The first kappa shape index (κ1) is 20.1. The fraction of sp³-hybridized carbons (Fsp3) is 0.263. The molecule has 0 aliphatic carbocycles. The van der Waals surface area contributed by atoms with Gasteiger partial charge in [0.15, 0.2) is 6.10 Å². The van der Waals surface area contributed by atoms with E-state index in [9.17, 15) is 19.7 Å². The van der Waals surface area contributed by atoms with Crippen molar-refractivity contribution in [3.63, 3.8) is 0 Å². The van der Waals surface area contributed by atoms with Gasteiger partial charge in [0.1, 0.15) is 6.04 Å². The van der Waals surface area contributed by atoms with Crippen LogP contribution >= 0.6 is 0 Å². The standard InChI is InChI=1S/C19H20N2O6/c1-26-17(13-8-4-3-5-9-13)18(22)20-15(19(23)27-2)12-14-10-6-7-11-16(14)21(24)25/h3-11,15,17H,12H2,1-2H3,(H,20,22)/t15-,17-/m0/s1. The Bertz CT molecular complexity index is 809. The van der Waals surface area contributed by atoms with Gasteiger partial charge in [-0.1, -0.05) is 48.5 Å². The number of methoxy groups -OCH3 is 2. The lowest BCUT2D eigenvalue weighted by atomic mass is 10.0. The summed E-state index contributed by atoms with van der Waals surface area (Å²) >= 11 is 0. The molecule has 2 aromatic rings. The van der Waals surface area contributed by atoms with Gasteiger partial charge >= 0.3 is 5.97 Å². The van der Waals surface area contributed by atoms with Crippen molar-refractivity contribution in [3.05, 3.63) is 75.8 Å². The molecule has 0 fully saturated rings. The molecule has 0 aliphatic rings. The van der Waals surface area contributed by atoms with Crippen LogP contribution in [0.2, 0.25) is 0 Å². The lowest BCUT2D eigenvalue weighted by molar-refractivity contribution is -0.385. The molecule has 2 atom stereocenters. The van der Waals surface area contributed by atoms with Gasteiger partial charge in [0.25, 0.3) is 11.6 Å². The maximum atomic E-state index is 12.6. The van der Waals surface area contributed by atoms with E-state index in [0.717, 1.165) is 0 Å². The minimum Gasteiger partial charge on any atom is -0.467 e. The predicted molar refractivity (Wildman–Crippen MR) is 96.9 cm³/mol. The fourth-order valence-electron chi connectivity index (χ4n) is 2.69. The Labute approximate surface area is 156 Å². The highest BCUT2D eigenvalue weighted by Crippen LogP contribution is 2.21. The van der Waals surface area contributed by atoms with Crippen LogP contribution in [0.15, 0.2) is 54.6 Å². The third kappa shape index (κ3) is 5.11. The summed E-state index contributed by atoms with van der Waals surface area (Å²) in [6.45, 7) is 0. The van der Waals surface area contributed by atoms with E-state index in [0.29, 0.717) is 11.1 Å². The van der Waals surface area contributed by atoms with E-state index in [1.165, 1.54) is 32.4 Å². The number of hydrogen-bond donors (Lipinski definition) is 1. The largest absolute Gasteiger partial charge is 0.467 e. The average Bonchev–Trinajstić information content (AvgIpc) is 2.68. The molecule has 8 nitrogen and oxygen atoms in total. The van der Waals surface area contributed by atoms with Gasteiger partial charge in [0.05, 0.1) is 12.0 Å². The highest BCUT2D eigenvalue weighted by molar-refractivity contribution is 5.88. The summed E-state index contributed by atoms with van der Waals surface area (Å²) < 4.78 is 9.99. The second-order valence-electron chi connectivity index (χ2n) is 5.70. The monoisotopic (exact) mass is 372 g/mol. The molecule has 0 spiro atoms. The van der Waals surface area contributed by atoms with Crippen molar-refractivity contribution in [2.75, 3.05) is 14.2 Å². The number of esters is 1. The number of benzene rings is 2. The van der Waals surface area contributed by atoms with Crippen LogP contribution in [0.5, 0.6) is 0 Å². The van der Waals surface area contributed by atoms with E-state index in [1.807, 2.05) is 0 Å². The molecule has 8 heteroatoms. The molecule has 0 unspecified atom stereocenters. The number of carbonyl (C=O) groups excluding carboxylic acids is 2. The van der Waals surface area contributed by atoms with Gasteiger partial charge in [-0.25, -0.2) is 4.79 Å². The maximum absolute atomic E-state index is 12.6. The van der Waals surface area contributed by atoms with E-state index in [1.54, 1.807) is 36.4 Å². The number of ether oxygens (including phenoxy) is 2. The fourth-order valence-corrected chi connectivity index (χ4v) is 2.69. The number of rotatable bonds is 8. The van der Waals surface area contributed by atoms with E-state index in [4.69, 9.17) is 9.47 Å². The van der Waals surface area contributed by atoms with Gasteiger partial charge in [-0.05, 0) is 5.56 Å². The van der Waals surface area contributed by atoms with Crippen molar-refractivity contribution < 1.29 is 24.0 Å². The predicted octanol–water partition coefficient (Wildman–Crippen LogP) is 2.18. The quantitative estimate of drug-likeness (QED) is 0.432. The summed E-state index contributed by atoms with van der Waals surface area (Å²) in [5.41, 5.74) is 0.797. The molecule has 0 heterocycles. The van der Waals surface area contributed by atoms with Crippen LogP contribution < -0.4 is 5.32 Å². The number of hydrogen-bond acceptors (Lipinski definition) is 6. The first-order valence-electron chi connectivity index (χ1n) is 8.16. The molecule has 2 rings (SSSR count). The van der Waals surface area contributed by atoms with Gasteiger partial charge in [-0.3, -0.25) is 14.9 Å². The van der Waals surface area contributed by atoms with E-state index in [-0.39, 0.29) is 12.1 Å². The minimum absolute atomic E-state index is 0.0825. The van der Waals surface area contributed by atoms with Crippen LogP contribution in [0.3, 0.4) is 0 Å². The number of carbonyl (C=O) groups is 2. The molecule has 0 aliphatic heterocycles. The molecule has 0 aromatic heterocycles. The third-order valence-corrected chi connectivity index (χ3v) is 3.99. The summed E-state index contributed by atoms with van der Waals surface area (Å²) in [5.74, 6) is -1.25. The normalized spacial score (nSPS) is 12.7. The van der Waals surface area contributed by atoms with Crippen molar-refractivity contribution in [1.29, 1.82) is 0 Å². The molecule has 0 saturated heterocycles.